The molecule has 1 aromatic rings. The maximum atomic E-state index is 10.9. The zero-order valence-electron chi connectivity index (χ0n) is 11.6. The van der Waals surface area contributed by atoms with Crippen LogP contribution < -0.4 is 0 Å². The molecule has 0 saturated carbocycles. The van der Waals surface area contributed by atoms with Crippen LogP contribution in [0, 0.1) is 5.41 Å². The maximum absolute atomic E-state index is 10.9. The predicted octanol–water partition coefficient (Wildman–Crippen LogP) is 3.08. The van der Waals surface area contributed by atoms with E-state index in [4.69, 9.17) is 0 Å². The number of nitrogens with zero attached hydrogens (tertiary/aromatic N) is 1. The highest BCUT2D eigenvalue weighted by Gasteiger charge is 2.45. The molecule has 0 spiro atoms. The number of hydrogen-bond acceptors (Lipinski definition) is 3. The zero-order valence-corrected chi connectivity index (χ0v) is 12.4. The van der Waals surface area contributed by atoms with Crippen molar-refractivity contribution in [2.24, 2.45) is 5.41 Å². The average molecular weight is 265 g/mol. The second-order valence-corrected chi connectivity index (χ2v) is 7.01. The van der Waals surface area contributed by atoms with Gasteiger partial charge in [-0.3, -0.25) is 4.98 Å². The van der Waals surface area contributed by atoms with Gasteiger partial charge in [0, 0.05) is 24.1 Å². The summed E-state index contributed by atoms with van der Waals surface area (Å²) in [7, 11) is 0. The largest absolute Gasteiger partial charge is 0.388 e. The topological polar surface area (TPSA) is 33.1 Å². The van der Waals surface area contributed by atoms with Crippen LogP contribution in [0.3, 0.4) is 0 Å². The second-order valence-electron chi connectivity index (χ2n) is 5.91. The van der Waals surface area contributed by atoms with Crippen LogP contribution in [-0.4, -0.2) is 27.2 Å². The summed E-state index contributed by atoms with van der Waals surface area (Å²) in [5, 5.41) is 10.9. The highest BCUT2D eigenvalue weighted by Crippen LogP contribution is 2.43. The van der Waals surface area contributed by atoms with E-state index in [-0.39, 0.29) is 5.41 Å². The fraction of sp³-hybridized carbons (Fsp3) is 0.667. The lowest BCUT2D eigenvalue weighted by Crippen LogP contribution is -2.51. The van der Waals surface area contributed by atoms with Crippen molar-refractivity contribution in [3.63, 3.8) is 0 Å². The van der Waals surface area contributed by atoms with Gasteiger partial charge in [-0.1, -0.05) is 26.8 Å². The monoisotopic (exact) mass is 265 g/mol. The molecule has 1 aliphatic rings. The van der Waals surface area contributed by atoms with Crippen LogP contribution >= 0.6 is 11.8 Å². The van der Waals surface area contributed by atoms with Crippen LogP contribution in [0.1, 0.15) is 38.4 Å². The molecule has 1 unspecified atom stereocenters. The fourth-order valence-electron chi connectivity index (χ4n) is 2.36. The van der Waals surface area contributed by atoms with Crippen molar-refractivity contribution >= 4 is 11.8 Å². The van der Waals surface area contributed by atoms with Crippen LogP contribution in [0.15, 0.2) is 18.3 Å². The van der Waals surface area contributed by atoms with E-state index < -0.39 is 5.60 Å². The SMILES string of the molecule is CCc1ccc(CC2(O)CSCCC2(C)C)nc1. The minimum atomic E-state index is -0.628. The molecule has 100 valence electrons. The summed E-state index contributed by atoms with van der Waals surface area (Å²) in [5.74, 6) is 1.97. The first-order valence-corrected chi connectivity index (χ1v) is 7.86. The molecule has 18 heavy (non-hydrogen) atoms. The molecule has 1 aliphatic heterocycles. The van der Waals surface area contributed by atoms with Crippen LogP contribution in [0.4, 0.5) is 0 Å². The highest BCUT2D eigenvalue weighted by atomic mass is 32.2. The van der Waals surface area contributed by atoms with Gasteiger partial charge in [-0.25, -0.2) is 0 Å². The molecular formula is C15H23NOS. The lowest BCUT2D eigenvalue weighted by atomic mass is 9.71. The molecule has 1 atom stereocenters. The molecule has 2 rings (SSSR count). The smallest absolute Gasteiger partial charge is 0.0843 e. The molecule has 1 aromatic heterocycles. The lowest BCUT2D eigenvalue weighted by Gasteiger charge is -2.46. The van der Waals surface area contributed by atoms with Crippen molar-refractivity contribution in [2.45, 2.75) is 45.6 Å². The normalized spacial score (nSPS) is 27.1. The van der Waals surface area contributed by atoms with Crippen molar-refractivity contribution in [3.05, 3.63) is 29.6 Å². The van der Waals surface area contributed by atoms with Crippen molar-refractivity contribution in [1.82, 2.24) is 4.98 Å². The van der Waals surface area contributed by atoms with Gasteiger partial charge in [-0.05, 0) is 35.6 Å². The Morgan fingerprint density at radius 1 is 1.39 bits per heavy atom. The summed E-state index contributed by atoms with van der Waals surface area (Å²) >= 11 is 1.85. The zero-order chi connectivity index (χ0) is 13.2. The van der Waals surface area contributed by atoms with E-state index in [1.807, 2.05) is 18.0 Å². The Morgan fingerprint density at radius 3 is 2.72 bits per heavy atom. The Hall–Kier alpha value is -0.540. The molecular weight excluding hydrogens is 242 g/mol. The number of aromatic nitrogens is 1. The van der Waals surface area contributed by atoms with Gasteiger partial charge >= 0.3 is 0 Å². The van der Waals surface area contributed by atoms with Crippen LogP contribution in [0.2, 0.25) is 0 Å². The summed E-state index contributed by atoms with van der Waals surface area (Å²) in [6.45, 7) is 6.48. The number of thioether (sulfide) groups is 1. The maximum Gasteiger partial charge on any atom is 0.0843 e. The van der Waals surface area contributed by atoms with E-state index in [0.717, 1.165) is 30.0 Å². The minimum absolute atomic E-state index is 0.0244. The summed E-state index contributed by atoms with van der Waals surface area (Å²) < 4.78 is 0. The van der Waals surface area contributed by atoms with Gasteiger partial charge in [-0.2, -0.15) is 11.8 Å². The first-order chi connectivity index (χ1) is 8.47. The standard InChI is InChI=1S/C15H23NOS/c1-4-12-5-6-13(16-10-12)9-15(17)11-18-8-7-14(15,2)3/h5-6,10,17H,4,7-9,11H2,1-3H3. The predicted molar refractivity (Wildman–Crippen MR) is 78.0 cm³/mol. The van der Waals surface area contributed by atoms with Gasteiger partial charge in [0.25, 0.3) is 0 Å². The molecule has 1 saturated heterocycles. The third kappa shape index (κ3) is 2.72. The summed E-state index contributed by atoms with van der Waals surface area (Å²) in [6, 6.07) is 4.18. The van der Waals surface area contributed by atoms with Crippen molar-refractivity contribution in [2.75, 3.05) is 11.5 Å². The van der Waals surface area contributed by atoms with E-state index in [1.165, 1.54) is 5.56 Å². The number of aliphatic hydroxyl groups is 1. The molecule has 0 amide bonds. The number of aryl methyl sites for hydroxylation is 1. The van der Waals surface area contributed by atoms with Gasteiger partial charge in [-0.15, -0.1) is 0 Å². The fourth-order valence-corrected chi connectivity index (χ4v) is 3.98. The Labute approximate surface area is 114 Å². The first-order valence-electron chi connectivity index (χ1n) is 6.71. The number of pyridine rings is 1. The highest BCUT2D eigenvalue weighted by molar-refractivity contribution is 7.99. The van der Waals surface area contributed by atoms with E-state index in [0.29, 0.717) is 6.42 Å². The van der Waals surface area contributed by atoms with Crippen molar-refractivity contribution < 1.29 is 5.11 Å². The van der Waals surface area contributed by atoms with E-state index in [2.05, 4.69) is 37.9 Å². The number of hydrogen-bond donors (Lipinski definition) is 1. The van der Waals surface area contributed by atoms with E-state index in [9.17, 15) is 5.11 Å². The molecule has 0 radical (unpaired) electrons. The Balaban J connectivity index is 2.15. The minimum Gasteiger partial charge on any atom is -0.388 e. The third-order valence-corrected chi connectivity index (χ3v) is 5.41. The van der Waals surface area contributed by atoms with Crippen LogP contribution in [0.5, 0.6) is 0 Å². The molecule has 1 N–H and O–H groups in total. The Bertz CT molecular complexity index is 401. The number of rotatable bonds is 3. The Kier molecular flexibility index (Phi) is 4.02. The Morgan fingerprint density at radius 2 is 2.17 bits per heavy atom. The van der Waals surface area contributed by atoms with Crippen LogP contribution in [-0.2, 0) is 12.8 Å². The van der Waals surface area contributed by atoms with E-state index in [1.54, 1.807) is 0 Å². The molecule has 0 bridgehead atoms. The van der Waals surface area contributed by atoms with Gasteiger partial charge in [0.1, 0.15) is 0 Å². The third-order valence-electron chi connectivity index (χ3n) is 4.24. The molecule has 0 aliphatic carbocycles. The lowest BCUT2D eigenvalue weighted by molar-refractivity contribution is -0.0519. The van der Waals surface area contributed by atoms with Gasteiger partial charge in [0.15, 0.2) is 0 Å². The summed E-state index contributed by atoms with van der Waals surface area (Å²) in [6.07, 6.45) is 4.68. The molecule has 1 fully saturated rings. The van der Waals surface area contributed by atoms with Gasteiger partial charge < -0.3 is 5.11 Å². The van der Waals surface area contributed by atoms with Gasteiger partial charge in [0.05, 0.1) is 5.60 Å². The molecule has 0 aromatic carbocycles. The molecule has 2 heterocycles. The quantitative estimate of drug-likeness (QED) is 0.911. The van der Waals surface area contributed by atoms with Crippen LogP contribution in [0.25, 0.3) is 0 Å². The summed E-state index contributed by atoms with van der Waals surface area (Å²) in [4.78, 5) is 4.49. The first kappa shape index (κ1) is 13.9. The van der Waals surface area contributed by atoms with Crippen molar-refractivity contribution in [1.29, 1.82) is 0 Å². The van der Waals surface area contributed by atoms with E-state index >= 15 is 0 Å². The van der Waals surface area contributed by atoms with Gasteiger partial charge in [0.2, 0.25) is 0 Å². The average Bonchev–Trinajstić information content (AvgIpc) is 2.34. The molecule has 2 nitrogen and oxygen atoms in total. The summed E-state index contributed by atoms with van der Waals surface area (Å²) in [5.41, 5.74) is 1.60. The van der Waals surface area contributed by atoms with Crippen molar-refractivity contribution in [3.8, 4) is 0 Å². The molecule has 3 heteroatoms. The second kappa shape index (κ2) is 5.22.